The zero-order valence-corrected chi connectivity index (χ0v) is 16.4. The lowest BCUT2D eigenvalue weighted by Gasteiger charge is -2.09. The maximum Gasteiger partial charge on any atom is 0.338 e. The van der Waals surface area contributed by atoms with Gasteiger partial charge in [-0.3, -0.25) is 20.4 Å². The van der Waals surface area contributed by atoms with E-state index in [0.29, 0.717) is 21.6 Å². The number of nitrogens with one attached hydrogen (secondary N) is 2. The predicted molar refractivity (Wildman–Crippen MR) is 106 cm³/mol. The van der Waals surface area contributed by atoms with E-state index in [-0.39, 0.29) is 5.56 Å². The van der Waals surface area contributed by atoms with Crippen LogP contribution in [-0.4, -0.2) is 34.4 Å². The third-order valence-corrected chi connectivity index (χ3v) is 4.32. The molecule has 0 bridgehead atoms. The Kier molecular flexibility index (Phi) is 6.04. The minimum atomic E-state index is -0.689. The number of fused-ring (bicyclic) bond motifs is 1. The van der Waals surface area contributed by atoms with E-state index >= 15 is 0 Å². The van der Waals surface area contributed by atoms with Crippen molar-refractivity contribution in [3.8, 4) is 0 Å². The summed E-state index contributed by atoms with van der Waals surface area (Å²) in [6.45, 7) is 3.13. The first-order valence-corrected chi connectivity index (χ1v) is 8.98. The summed E-state index contributed by atoms with van der Waals surface area (Å²) in [5.41, 5.74) is 7.75. The predicted octanol–water partition coefficient (Wildman–Crippen LogP) is 2.52. The smallest absolute Gasteiger partial charge is 0.338 e. The first kappa shape index (κ1) is 20.2. The molecule has 2 amide bonds. The Morgan fingerprint density at radius 1 is 0.897 bits per heavy atom. The van der Waals surface area contributed by atoms with Crippen LogP contribution in [0.25, 0.3) is 11.0 Å². The average molecular weight is 413 g/mol. The summed E-state index contributed by atoms with van der Waals surface area (Å²) in [5.74, 6) is -1.90. The fraction of sp³-hybridized carbons (Fsp3) is 0.150. The maximum atomic E-state index is 12.2. The number of hydrogen-bond acceptors (Lipinski definition) is 6. The fourth-order valence-electron chi connectivity index (χ4n) is 2.41. The summed E-state index contributed by atoms with van der Waals surface area (Å²) < 4.78 is 4.98. The molecule has 0 aliphatic rings. The average Bonchev–Trinajstić information content (AvgIpc) is 2.71. The number of esters is 1. The van der Waals surface area contributed by atoms with E-state index in [9.17, 15) is 14.4 Å². The number of hydrazine groups is 1. The monoisotopic (exact) mass is 412 g/mol. The highest BCUT2D eigenvalue weighted by Crippen LogP contribution is 2.15. The summed E-state index contributed by atoms with van der Waals surface area (Å²) >= 11 is 5.75. The largest absolute Gasteiger partial charge is 0.452 e. The maximum absolute atomic E-state index is 12.2. The van der Waals surface area contributed by atoms with Crippen LogP contribution >= 0.6 is 11.6 Å². The van der Waals surface area contributed by atoms with Crippen LogP contribution in [0.5, 0.6) is 0 Å². The number of nitrogens with zero attached hydrogens (tertiary/aromatic N) is 2. The molecule has 2 N–H and O–H groups in total. The topological polar surface area (TPSA) is 110 Å². The van der Waals surface area contributed by atoms with E-state index in [1.165, 1.54) is 12.1 Å². The first-order chi connectivity index (χ1) is 13.8. The van der Waals surface area contributed by atoms with E-state index in [4.69, 9.17) is 16.3 Å². The van der Waals surface area contributed by atoms with Crippen molar-refractivity contribution < 1.29 is 19.1 Å². The zero-order valence-electron chi connectivity index (χ0n) is 15.7. The molecule has 9 heteroatoms. The summed E-state index contributed by atoms with van der Waals surface area (Å²) in [7, 11) is 0. The molecule has 3 aromatic rings. The highest BCUT2D eigenvalue weighted by atomic mass is 35.5. The Morgan fingerprint density at radius 2 is 1.52 bits per heavy atom. The van der Waals surface area contributed by atoms with Crippen LogP contribution in [0.2, 0.25) is 5.02 Å². The lowest BCUT2D eigenvalue weighted by Crippen LogP contribution is -2.43. The van der Waals surface area contributed by atoms with Gasteiger partial charge in [-0.05, 0) is 56.3 Å². The molecule has 0 aliphatic carbocycles. The number of aryl methyl sites for hydroxylation is 2. The number of ether oxygens (including phenoxy) is 1. The van der Waals surface area contributed by atoms with E-state index < -0.39 is 24.4 Å². The van der Waals surface area contributed by atoms with E-state index in [1.807, 2.05) is 13.8 Å². The molecule has 0 radical (unpaired) electrons. The van der Waals surface area contributed by atoms with Gasteiger partial charge in [0.15, 0.2) is 6.61 Å². The van der Waals surface area contributed by atoms with Gasteiger partial charge in [-0.15, -0.1) is 0 Å². The van der Waals surface area contributed by atoms with Gasteiger partial charge < -0.3 is 4.74 Å². The van der Waals surface area contributed by atoms with Crippen LogP contribution in [-0.2, 0) is 9.53 Å². The third-order valence-electron chi connectivity index (χ3n) is 4.07. The fourth-order valence-corrected chi connectivity index (χ4v) is 2.53. The van der Waals surface area contributed by atoms with E-state index in [0.717, 1.165) is 11.4 Å². The summed E-state index contributed by atoms with van der Waals surface area (Å²) in [4.78, 5) is 44.7. The molecule has 0 atom stereocenters. The summed E-state index contributed by atoms with van der Waals surface area (Å²) in [6, 6.07) is 10.9. The Morgan fingerprint density at radius 3 is 2.21 bits per heavy atom. The standard InChI is InChI=1S/C20H17ClN4O4/c1-11-12(2)23-17-9-14(5-8-16(17)22-11)20(28)29-10-18(26)24-25-19(27)13-3-6-15(21)7-4-13/h3-9H,10H2,1-2H3,(H,24,26)(H,25,27). The Balaban J connectivity index is 1.54. The highest BCUT2D eigenvalue weighted by Gasteiger charge is 2.13. The molecule has 1 aromatic heterocycles. The van der Waals surface area contributed by atoms with Gasteiger partial charge >= 0.3 is 5.97 Å². The van der Waals surface area contributed by atoms with Crippen LogP contribution in [0.3, 0.4) is 0 Å². The second-order valence-electron chi connectivity index (χ2n) is 6.18. The van der Waals surface area contributed by atoms with Gasteiger partial charge in [0.25, 0.3) is 11.8 Å². The SMILES string of the molecule is Cc1nc2ccc(C(=O)OCC(=O)NNC(=O)c3ccc(Cl)cc3)cc2nc1C. The van der Waals surface area contributed by atoms with Crippen LogP contribution in [0.4, 0.5) is 0 Å². The van der Waals surface area contributed by atoms with Gasteiger partial charge in [0.1, 0.15) is 0 Å². The Bertz CT molecular complexity index is 1100. The van der Waals surface area contributed by atoms with E-state index in [1.54, 1.807) is 30.3 Å². The normalized spacial score (nSPS) is 10.4. The number of aromatic nitrogens is 2. The number of benzene rings is 2. The summed E-state index contributed by atoms with van der Waals surface area (Å²) in [5, 5.41) is 0.488. The number of amides is 2. The molecule has 3 rings (SSSR count). The van der Waals surface area contributed by atoms with Crippen molar-refractivity contribution in [2.45, 2.75) is 13.8 Å². The molecule has 148 valence electrons. The van der Waals surface area contributed by atoms with Crippen molar-refractivity contribution >= 4 is 40.4 Å². The molecule has 2 aromatic carbocycles. The Labute approximate surface area is 171 Å². The van der Waals surface area contributed by atoms with Crippen molar-refractivity contribution in [3.63, 3.8) is 0 Å². The molecular weight excluding hydrogens is 396 g/mol. The molecule has 8 nitrogen and oxygen atoms in total. The van der Waals surface area contributed by atoms with Crippen molar-refractivity contribution in [3.05, 3.63) is 70.0 Å². The molecule has 0 spiro atoms. The lowest BCUT2D eigenvalue weighted by atomic mass is 10.2. The van der Waals surface area contributed by atoms with Gasteiger partial charge in [-0.2, -0.15) is 0 Å². The van der Waals surface area contributed by atoms with Gasteiger partial charge in [0.05, 0.1) is 28.0 Å². The number of carbonyl (C=O) groups is 3. The minimum absolute atomic E-state index is 0.244. The number of halogens is 1. The molecule has 0 unspecified atom stereocenters. The van der Waals surface area contributed by atoms with Crippen molar-refractivity contribution in [1.82, 2.24) is 20.8 Å². The molecule has 0 saturated carbocycles. The third kappa shape index (κ3) is 5.05. The van der Waals surface area contributed by atoms with Crippen molar-refractivity contribution in [1.29, 1.82) is 0 Å². The first-order valence-electron chi connectivity index (χ1n) is 8.60. The quantitative estimate of drug-likeness (QED) is 0.503. The zero-order chi connectivity index (χ0) is 21.0. The van der Waals surface area contributed by atoms with E-state index in [2.05, 4.69) is 20.8 Å². The highest BCUT2D eigenvalue weighted by molar-refractivity contribution is 6.30. The second kappa shape index (κ2) is 8.66. The van der Waals surface area contributed by atoms with Crippen LogP contribution in [0.1, 0.15) is 32.1 Å². The molecule has 1 heterocycles. The Hall–Kier alpha value is -3.52. The molecule has 29 heavy (non-hydrogen) atoms. The lowest BCUT2D eigenvalue weighted by molar-refractivity contribution is -0.125. The molecular formula is C20H17ClN4O4. The summed E-state index contributed by atoms with van der Waals surface area (Å²) in [6.07, 6.45) is 0. The number of rotatable bonds is 4. The van der Waals surface area contributed by atoms with Gasteiger partial charge in [-0.1, -0.05) is 11.6 Å². The van der Waals surface area contributed by atoms with Crippen molar-refractivity contribution in [2.75, 3.05) is 6.61 Å². The minimum Gasteiger partial charge on any atom is -0.452 e. The molecule has 0 saturated heterocycles. The van der Waals surface area contributed by atoms with Crippen LogP contribution in [0, 0.1) is 13.8 Å². The molecule has 0 fully saturated rings. The number of carbonyl (C=O) groups excluding carboxylic acids is 3. The van der Waals surface area contributed by atoms with Gasteiger partial charge in [0, 0.05) is 10.6 Å². The van der Waals surface area contributed by atoms with Crippen LogP contribution < -0.4 is 10.9 Å². The molecule has 0 aliphatic heterocycles. The second-order valence-corrected chi connectivity index (χ2v) is 6.62. The van der Waals surface area contributed by atoms with Gasteiger partial charge in [-0.25, -0.2) is 14.8 Å². The van der Waals surface area contributed by atoms with Crippen molar-refractivity contribution in [2.24, 2.45) is 0 Å². The number of hydrogen-bond donors (Lipinski definition) is 2. The van der Waals surface area contributed by atoms with Crippen LogP contribution in [0.15, 0.2) is 42.5 Å². The van der Waals surface area contributed by atoms with Gasteiger partial charge in [0.2, 0.25) is 0 Å².